The molecule has 0 saturated carbocycles. The average molecular weight is 382 g/mol. The van der Waals surface area contributed by atoms with Crippen LogP contribution in [0.15, 0.2) is 52.9 Å². The Labute approximate surface area is 165 Å². The van der Waals surface area contributed by atoms with Crippen molar-refractivity contribution in [3.05, 3.63) is 65.5 Å². The van der Waals surface area contributed by atoms with Gasteiger partial charge < -0.3 is 19.0 Å². The van der Waals surface area contributed by atoms with Crippen LogP contribution in [-0.4, -0.2) is 42.8 Å². The lowest BCUT2D eigenvalue weighted by molar-refractivity contribution is 0.123. The van der Waals surface area contributed by atoms with Crippen LogP contribution in [0.25, 0.3) is 11.5 Å². The molecule has 0 amide bonds. The Kier molecular flexibility index (Phi) is 6.34. The minimum absolute atomic E-state index is 0.486. The summed E-state index contributed by atoms with van der Waals surface area (Å²) in [5.74, 6) is 2.44. The van der Waals surface area contributed by atoms with Crippen LogP contribution in [0.3, 0.4) is 0 Å². The predicted molar refractivity (Wildman–Crippen MR) is 108 cm³/mol. The lowest BCUT2D eigenvalue weighted by atomic mass is 10.1. The van der Waals surface area contributed by atoms with Crippen LogP contribution in [-0.2, 0) is 6.54 Å². The molecule has 1 unspecified atom stereocenters. The van der Waals surface area contributed by atoms with Gasteiger partial charge in [-0.15, -0.1) is 0 Å². The second kappa shape index (κ2) is 8.91. The molecule has 28 heavy (non-hydrogen) atoms. The fourth-order valence-corrected chi connectivity index (χ4v) is 3.14. The molecule has 0 saturated heterocycles. The number of nitrogens with zero attached hydrogens (tertiary/aromatic N) is 2. The highest BCUT2D eigenvalue weighted by Gasteiger charge is 2.19. The van der Waals surface area contributed by atoms with E-state index in [4.69, 9.17) is 13.9 Å². The molecule has 0 bridgehead atoms. The third-order valence-corrected chi connectivity index (χ3v) is 4.61. The smallest absolute Gasteiger partial charge is 0.230 e. The summed E-state index contributed by atoms with van der Waals surface area (Å²) in [7, 11) is 5.14. The minimum atomic E-state index is -0.559. The van der Waals surface area contributed by atoms with E-state index >= 15 is 0 Å². The highest BCUT2D eigenvalue weighted by Crippen LogP contribution is 2.38. The Hall–Kier alpha value is -2.83. The van der Waals surface area contributed by atoms with Gasteiger partial charge in [-0.3, -0.25) is 4.90 Å². The van der Waals surface area contributed by atoms with Crippen LogP contribution in [0.2, 0.25) is 0 Å². The SMILES string of the molecule is COc1cccc(-c2nc(CN(C)CC(O)c3ccccc3)c(C)o2)c1OC. The molecule has 0 spiro atoms. The lowest BCUT2D eigenvalue weighted by Gasteiger charge is -2.20. The number of aliphatic hydroxyl groups excluding tert-OH is 1. The molecule has 0 aliphatic heterocycles. The Morgan fingerprint density at radius 2 is 1.82 bits per heavy atom. The summed E-state index contributed by atoms with van der Waals surface area (Å²) in [5, 5.41) is 10.4. The summed E-state index contributed by atoms with van der Waals surface area (Å²) in [5.41, 5.74) is 2.46. The molecule has 148 valence electrons. The highest BCUT2D eigenvalue weighted by molar-refractivity contribution is 5.68. The number of aliphatic hydroxyl groups is 1. The third kappa shape index (κ3) is 4.35. The number of ether oxygens (including phenoxy) is 2. The van der Waals surface area contributed by atoms with Crippen molar-refractivity contribution in [3.63, 3.8) is 0 Å². The molecule has 0 radical (unpaired) electrons. The van der Waals surface area contributed by atoms with E-state index in [1.165, 1.54) is 0 Å². The van der Waals surface area contributed by atoms with Gasteiger partial charge in [0.2, 0.25) is 5.89 Å². The standard InChI is InChI=1S/C22H26N2O4/c1-15-18(13-24(2)14-19(25)16-9-6-5-7-10-16)23-22(28-15)17-11-8-12-20(26-3)21(17)27-4/h5-12,19,25H,13-14H2,1-4H3. The number of methoxy groups -OCH3 is 2. The van der Waals surface area contributed by atoms with E-state index < -0.39 is 6.10 Å². The number of aromatic nitrogens is 1. The molecule has 1 N–H and O–H groups in total. The first-order chi connectivity index (χ1) is 13.5. The molecule has 0 fully saturated rings. The van der Waals surface area contributed by atoms with Gasteiger partial charge in [-0.2, -0.15) is 0 Å². The van der Waals surface area contributed by atoms with Gasteiger partial charge in [-0.1, -0.05) is 36.4 Å². The fraction of sp³-hybridized carbons (Fsp3) is 0.318. The maximum absolute atomic E-state index is 10.4. The second-order valence-electron chi connectivity index (χ2n) is 6.69. The molecule has 2 aromatic carbocycles. The number of aryl methyl sites for hydroxylation is 1. The van der Waals surface area contributed by atoms with E-state index in [2.05, 4.69) is 4.98 Å². The zero-order valence-electron chi connectivity index (χ0n) is 16.7. The normalized spacial score (nSPS) is 12.2. The maximum Gasteiger partial charge on any atom is 0.230 e. The highest BCUT2D eigenvalue weighted by atomic mass is 16.5. The van der Waals surface area contributed by atoms with Gasteiger partial charge in [0.15, 0.2) is 11.5 Å². The first-order valence-corrected chi connectivity index (χ1v) is 9.12. The van der Waals surface area contributed by atoms with E-state index in [0.717, 1.165) is 22.6 Å². The van der Waals surface area contributed by atoms with Gasteiger partial charge in [-0.25, -0.2) is 4.98 Å². The largest absolute Gasteiger partial charge is 0.493 e. The topological polar surface area (TPSA) is 68.0 Å². The van der Waals surface area contributed by atoms with Crippen molar-refractivity contribution in [3.8, 4) is 23.0 Å². The predicted octanol–water partition coefficient (Wildman–Crippen LogP) is 3.83. The molecule has 3 aromatic rings. The minimum Gasteiger partial charge on any atom is -0.493 e. The Bertz CT molecular complexity index is 908. The van der Waals surface area contributed by atoms with Crippen molar-refractivity contribution in [2.75, 3.05) is 27.8 Å². The van der Waals surface area contributed by atoms with Gasteiger partial charge in [-0.05, 0) is 31.7 Å². The molecule has 1 atom stereocenters. The van der Waals surface area contributed by atoms with Gasteiger partial charge in [0.05, 0.1) is 31.6 Å². The number of para-hydroxylation sites is 1. The van der Waals surface area contributed by atoms with Crippen molar-refractivity contribution in [2.45, 2.75) is 19.6 Å². The Morgan fingerprint density at radius 3 is 2.50 bits per heavy atom. The monoisotopic (exact) mass is 382 g/mol. The van der Waals surface area contributed by atoms with Crippen LogP contribution in [0.4, 0.5) is 0 Å². The van der Waals surface area contributed by atoms with Crippen molar-refractivity contribution >= 4 is 0 Å². The van der Waals surface area contributed by atoms with Crippen LogP contribution >= 0.6 is 0 Å². The summed E-state index contributed by atoms with van der Waals surface area (Å²) < 4.78 is 16.7. The van der Waals surface area contributed by atoms with Crippen molar-refractivity contribution in [1.82, 2.24) is 9.88 Å². The summed E-state index contributed by atoms with van der Waals surface area (Å²) in [6.07, 6.45) is -0.559. The number of benzene rings is 2. The van der Waals surface area contributed by atoms with Crippen molar-refractivity contribution in [2.24, 2.45) is 0 Å². The number of rotatable bonds is 8. The van der Waals surface area contributed by atoms with Gasteiger partial charge >= 0.3 is 0 Å². The van der Waals surface area contributed by atoms with Crippen LogP contribution in [0.1, 0.15) is 23.1 Å². The van der Waals surface area contributed by atoms with E-state index in [-0.39, 0.29) is 0 Å². The maximum atomic E-state index is 10.4. The first-order valence-electron chi connectivity index (χ1n) is 9.12. The lowest BCUT2D eigenvalue weighted by Crippen LogP contribution is -2.24. The van der Waals surface area contributed by atoms with Crippen LogP contribution < -0.4 is 9.47 Å². The first kappa shape index (κ1) is 19.9. The van der Waals surface area contributed by atoms with Crippen molar-refractivity contribution < 1.29 is 19.0 Å². The van der Waals surface area contributed by atoms with E-state index in [1.54, 1.807) is 14.2 Å². The molecule has 6 nitrogen and oxygen atoms in total. The van der Waals surface area contributed by atoms with E-state index in [1.807, 2.05) is 67.4 Å². The van der Waals surface area contributed by atoms with Gasteiger partial charge in [0, 0.05) is 13.1 Å². The van der Waals surface area contributed by atoms with Crippen LogP contribution in [0, 0.1) is 6.92 Å². The molecular formula is C22H26N2O4. The van der Waals surface area contributed by atoms with E-state index in [9.17, 15) is 5.11 Å². The quantitative estimate of drug-likeness (QED) is 0.639. The summed E-state index contributed by atoms with van der Waals surface area (Å²) in [4.78, 5) is 6.68. The van der Waals surface area contributed by atoms with Crippen LogP contribution in [0.5, 0.6) is 11.5 Å². The number of oxazole rings is 1. The Balaban J connectivity index is 1.76. The zero-order chi connectivity index (χ0) is 20.1. The number of hydrogen-bond donors (Lipinski definition) is 1. The third-order valence-electron chi connectivity index (χ3n) is 4.61. The molecule has 0 aliphatic carbocycles. The van der Waals surface area contributed by atoms with Crippen molar-refractivity contribution in [1.29, 1.82) is 0 Å². The summed E-state index contributed by atoms with van der Waals surface area (Å²) >= 11 is 0. The molecule has 3 rings (SSSR count). The molecule has 6 heteroatoms. The number of likely N-dealkylation sites (N-methyl/N-ethyl adjacent to an activating group) is 1. The fourth-order valence-electron chi connectivity index (χ4n) is 3.14. The molecule has 1 heterocycles. The number of hydrogen-bond acceptors (Lipinski definition) is 6. The Morgan fingerprint density at radius 1 is 1.07 bits per heavy atom. The van der Waals surface area contributed by atoms with Gasteiger partial charge in [0.25, 0.3) is 0 Å². The average Bonchev–Trinajstić information content (AvgIpc) is 3.07. The zero-order valence-corrected chi connectivity index (χ0v) is 16.7. The molecular weight excluding hydrogens is 356 g/mol. The van der Waals surface area contributed by atoms with Gasteiger partial charge in [0.1, 0.15) is 5.76 Å². The second-order valence-corrected chi connectivity index (χ2v) is 6.69. The summed E-state index contributed by atoms with van der Waals surface area (Å²) in [6.45, 7) is 2.94. The van der Waals surface area contributed by atoms with E-state index in [0.29, 0.717) is 30.5 Å². The summed E-state index contributed by atoms with van der Waals surface area (Å²) in [6, 6.07) is 15.2. The molecule has 0 aliphatic rings. The molecule has 1 aromatic heterocycles.